The van der Waals surface area contributed by atoms with Crippen LogP contribution in [-0.2, 0) is 27.9 Å². The number of amides is 1. The van der Waals surface area contributed by atoms with Gasteiger partial charge in [-0.15, -0.1) is 0 Å². The fourth-order valence-corrected chi connectivity index (χ4v) is 5.67. The van der Waals surface area contributed by atoms with E-state index in [1.165, 1.54) is 32.1 Å². The highest BCUT2D eigenvalue weighted by atomic mass is 31.2. The molecule has 0 aromatic heterocycles. The van der Waals surface area contributed by atoms with Gasteiger partial charge in [0.1, 0.15) is 12.7 Å². The van der Waals surface area contributed by atoms with E-state index in [0.29, 0.717) is 12.8 Å². The first-order chi connectivity index (χ1) is 25.3. The minimum Gasteiger partial charge on any atom is -0.463 e. The normalized spacial score (nSPS) is 14.2. The number of carbonyl (C=O) groups excluding carboxylic acids is 2. The summed E-state index contributed by atoms with van der Waals surface area (Å²) < 4.78 is 26.7. The number of ether oxygens (including phenoxy) is 1. The third kappa shape index (κ3) is 38.7. The van der Waals surface area contributed by atoms with Crippen LogP contribution in [0.3, 0.4) is 0 Å². The fraction of sp³-hybridized carbons (Fsp3) is 0.667. The Morgan fingerprint density at radius 1 is 0.615 bits per heavy atom. The van der Waals surface area contributed by atoms with Crippen LogP contribution in [0, 0.1) is 0 Å². The quantitative estimate of drug-likeness (QED) is 0.0250. The summed E-state index contributed by atoms with van der Waals surface area (Å²) in [4.78, 5) is 33.7. The molecule has 3 N–H and O–H groups in total. The van der Waals surface area contributed by atoms with Crippen LogP contribution in [0.5, 0.6) is 0 Å². The Hall–Kier alpha value is -2.55. The van der Waals surface area contributed by atoms with Crippen molar-refractivity contribution in [3.8, 4) is 0 Å². The first kappa shape index (κ1) is 49.5. The highest BCUT2D eigenvalue weighted by molar-refractivity contribution is 7.47. The van der Waals surface area contributed by atoms with Crippen molar-refractivity contribution in [2.45, 2.75) is 155 Å². The van der Waals surface area contributed by atoms with E-state index in [0.717, 1.165) is 83.5 Å². The first-order valence-electron chi connectivity index (χ1n) is 19.9. The zero-order chi connectivity index (χ0) is 38.2. The van der Waals surface area contributed by atoms with E-state index in [2.05, 4.69) is 92.1 Å². The van der Waals surface area contributed by atoms with Crippen LogP contribution in [0.15, 0.2) is 72.9 Å². The predicted molar refractivity (Wildman–Crippen MR) is 215 cm³/mol. The second-order valence-electron chi connectivity index (χ2n) is 12.9. The van der Waals surface area contributed by atoms with Crippen LogP contribution in [0.1, 0.15) is 149 Å². The topological polar surface area (TPSA) is 131 Å². The van der Waals surface area contributed by atoms with Crippen molar-refractivity contribution < 1.29 is 37.9 Å². The highest BCUT2D eigenvalue weighted by Crippen LogP contribution is 2.42. The third-order valence-electron chi connectivity index (χ3n) is 7.90. The Morgan fingerprint density at radius 2 is 1.10 bits per heavy atom. The van der Waals surface area contributed by atoms with E-state index in [4.69, 9.17) is 13.8 Å². The molecule has 0 spiro atoms. The molecule has 0 aromatic carbocycles. The molecule has 0 radical (unpaired) electrons. The number of phosphoric ester groups is 1. The van der Waals surface area contributed by atoms with Crippen LogP contribution >= 0.6 is 7.82 Å². The Kier molecular flexibility index (Phi) is 36.3. The van der Waals surface area contributed by atoms with Gasteiger partial charge in [0.05, 0.1) is 13.2 Å². The second kappa shape index (κ2) is 38.2. The van der Waals surface area contributed by atoms with Crippen molar-refractivity contribution in [3.63, 3.8) is 0 Å². The van der Waals surface area contributed by atoms with Crippen molar-refractivity contribution in [1.82, 2.24) is 5.32 Å². The van der Waals surface area contributed by atoms with Gasteiger partial charge in [-0.3, -0.25) is 18.6 Å². The maximum Gasteiger partial charge on any atom is 0.472 e. The molecule has 298 valence electrons. The summed E-state index contributed by atoms with van der Waals surface area (Å²) in [5.41, 5.74) is 0. The van der Waals surface area contributed by atoms with Gasteiger partial charge < -0.3 is 20.1 Å². The number of hydrogen-bond donors (Lipinski definition) is 3. The molecule has 9 nitrogen and oxygen atoms in total. The standard InChI is InChI=1S/C42H72NO8P/c1-3-5-7-9-11-13-14-15-16-17-18-19-20-21-22-23-24-25-26-27-29-31-33-35-42(46)49-38-40(44)39-51-52(47,48)50-37-36-43-41(45)34-32-30-28-12-10-8-6-4-2/h5,7,11,13,15-16,18-19,21-22,24-25,40,44H,3-4,6,8-10,12,14,17,20,23,26-39H2,1-2H3,(H,43,45)(H,47,48)/b7-5-,13-11-,16-15-,19-18-,22-21-,25-24-. The van der Waals surface area contributed by atoms with Gasteiger partial charge in [-0.05, 0) is 64.2 Å². The molecule has 0 heterocycles. The molecule has 0 aliphatic heterocycles. The maximum atomic E-state index is 12.0. The van der Waals surface area contributed by atoms with E-state index in [1.807, 2.05) is 0 Å². The van der Waals surface area contributed by atoms with Gasteiger partial charge in [0, 0.05) is 19.4 Å². The molecule has 0 fully saturated rings. The first-order valence-corrected chi connectivity index (χ1v) is 21.4. The number of carbonyl (C=O) groups is 2. The van der Waals surface area contributed by atoms with Gasteiger partial charge in [-0.2, -0.15) is 0 Å². The lowest BCUT2D eigenvalue weighted by atomic mass is 10.1. The monoisotopic (exact) mass is 749 g/mol. The van der Waals surface area contributed by atoms with Gasteiger partial charge in [0.25, 0.3) is 0 Å². The minimum absolute atomic E-state index is 0.0758. The average Bonchev–Trinajstić information content (AvgIpc) is 3.13. The summed E-state index contributed by atoms with van der Waals surface area (Å²) in [5.74, 6) is -0.552. The number of rotatable bonds is 36. The van der Waals surface area contributed by atoms with Crippen molar-refractivity contribution >= 4 is 19.7 Å². The Labute approximate surface area is 316 Å². The fourth-order valence-electron chi connectivity index (χ4n) is 4.91. The molecule has 0 aromatic rings. The Bertz CT molecular complexity index is 1080. The molecule has 0 aliphatic carbocycles. The summed E-state index contributed by atoms with van der Waals surface area (Å²) in [6.45, 7) is 3.35. The van der Waals surface area contributed by atoms with Crippen molar-refractivity contribution in [2.24, 2.45) is 0 Å². The molecule has 0 bridgehead atoms. The van der Waals surface area contributed by atoms with Crippen molar-refractivity contribution in [2.75, 3.05) is 26.4 Å². The highest BCUT2D eigenvalue weighted by Gasteiger charge is 2.23. The van der Waals surface area contributed by atoms with Crippen LogP contribution < -0.4 is 5.32 Å². The number of hydrogen-bond acceptors (Lipinski definition) is 7. The molecule has 1 amide bonds. The van der Waals surface area contributed by atoms with E-state index in [9.17, 15) is 24.2 Å². The summed E-state index contributed by atoms with van der Waals surface area (Å²) in [6.07, 6.45) is 45.6. The number of aliphatic hydroxyl groups is 1. The van der Waals surface area contributed by atoms with Crippen molar-refractivity contribution in [1.29, 1.82) is 0 Å². The third-order valence-corrected chi connectivity index (χ3v) is 8.89. The molecular weight excluding hydrogens is 677 g/mol. The number of esters is 1. The van der Waals surface area contributed by atoms with E-state index < -0.39 is 26.5 Å². The smallest absolute Gasteiger partial charge is 0.463 e. The van der Waals surface area contributed by atoms with Crippen LogP contribution in [0.25, 0.3) is 0 Å². The molecule has 2 unspecified atom stereocenters. The molecule has 10 heteroatoms. The van der Waals surface area contributed by atoms with Crippen LogP contribution in [-0.4, -0.2) is 54.3 Å². The predicted octanol–water partition coefficient (Wildman–Crippen LogP) is 10.7. The lowest BCUT2D eigenvalue weighted by Crippen LogP contribution is -2.27. The second-order valence-corrected chi connectivity index (χ2v) is 14.3. The largest absolute Gasteiger partial charge is 0.472 e. The molecule has 0 saturated heterocycles. The van der Waals surface area contributed by atoms with Gasteiger partial charge in [-0.1, -0.05) is 145 Å². The summed E-state index contributed by atoms with van der Waals surface area (Å²) in [5, 5.41) is 12.6. The molecule has 0 aliphatic rings. The number of phosphoric acid groups is 1. The van der Waals surface area contributed by atoms with E-state index >= 15 is 0 Å². The summed E-state index contributed by atoms with van der Waals surface area (Å²) in [7, 11) is -4.42. The lowest BCUT2D eigenvalue weighted by Gasteiger charge is -2.15. The number of allylic oxidation sites excluding steroid dienone is 12. The zero-order valence-electron chi connectivity index (χ0n) is 32.5. The van der Waals surface area contributed by atoms with Gasteiger partial charge in [0.2, 0.25) is 5.91 Å². The van der Waals surface area contributed by atoms with E-state index in [-0.39, 0.29) is 32.1 Å². The van der Waals surface area contributed by atoms with Gasteiger partial charge in [0.15, 0.2) is 0 Å². The number of aliphatic hydroxyl groups excluding tert-OH is 1. The van der Waals surface area contributed by atoms with Crippen LogP contribution in [0.4, 0.5) is 0 Å². The molecule has 52 heavy (non-hydrogen) atoms. The molecule has 2 atom stereocenters. The zero-order valence-corrected chi connectivity index (χ0v) is 33.4. The number of nitrogens with one attached hydrogen (secondary N) is 1. The van der Waals surface area contributed by atoms with Gasteiger partial charge >= 0.3 is 13.8 Å². The average molecular weight is 750 g/mol. The van der Waals surface area contributed by atoms with E-state index in [1.54, 1.807) is 0 Å². The SMILES string of the molecule is CC/C=C\C/C=C\C/C=C\C/C=C\C/C=C\C/C=C\CCCCCCC(=O)OCC(O)COP(=O)(O)OCCNC(=O)CCCCCCCCCC. The number of unbranched alkanes of at least 4 members (excludes halogenated alkanes) is 11. The summed E-state index contributed by atoms with van der Waals surface area (Å²) in [6, 6.07) is 0. The Balaban J connectivity index is 3.70. The molecular formula is C42H72NO8P. The minimum atomic E-state index is -4.42. The Morgan fingerprint density at radius 3 is 1.65 bits per heavy atom. The summed E-state index contributed by atoms with van der Waals surface area (Å²) >= 11 is 0. The van der Waals surface area contributed by atoms with Gasteiger partial charge in [-0.25, -0.2) is 4.57 Å². The molecule has 0 saturated carbocycles. The van der Waals surface area contributed by atoms with Crippen molar-refractivity contribution in [3.05, 3.63) is 72.9 Å². The molecule has 0 rings (SSSR count). The maximum absolute atomic E-state index is 12.0. The van der Waals surface area contributed by atoms with Crippen LogP contribution in [0.2, 0.25) is 0 Å². The lowest BCUT2D eigenvalue weighted by molar-refractivity contribution is -0.147.